The van der Waals surface area contributed by atoms with Gasteiger partial charge >= 0.3 is 0 Å². The van der Waals surface area contributed by atoms with E-state index in [1.54, 1.807) is 6.92 Å². The van der Waals surface area contributed by atoms with Crippen molar-refractivity contribution in [2.45, 2.75) is 44.9 Å². The number of hydrogen-bond donors (Lipinski definition) is 1. The zero-order valence-corrected chi connectivity index (χ0v) is 16.4. The quantitative estimate of drug-likeness (QED) is 0.696. The van der Waals surface area contributed by atoms with Crippen LogP contribution in [0.25, 0.3) is 10.8 Å². The molecule has 0 aliphatic carbocycles. The minimum Gasteiger partial charge on any atom is -0.487 e. The van der Waals surface area contributed by atoms with Crippen LogP contribution >= 0.6 is 0 Å². The number of para-hydroxylation sites is 1. The van der Waals surface area contributed by atoms with Gasteiger partial charge in [-0.2, -0.15) is 0 Å². The van der Waals surface area contributed by atoms with Gasteiger partial charge in [-0.05, 0) is 38.3 Å². The maximum atomic E-state index is 12.9. The lowest BCUT2D eigenvalue weighted by atomic mass is 9.89. The second kappa shape index (κ2) is 7.19. The maximum Gasteiger partial charge on any atom is 0.261 e. The topological polar surface area (TPSA) is 47.6 Å². The van der Waals surface area contributed by atoms with Crippen LogP contribution in [0, 0.1) is 0 Å². The van der Waals surface area contributed by atoms with E-state index in [-0.39, 0.29) is 17.6 Å². The van der Waals surface area contributed by atoms with Crippen LogP contribution in [0.3, 0.4) is 0 Å². The van der Waals surface area contributed by atoms with Crippen LogP contribution in [0.2, 0.25) is 0 Å². The Hall–Kier alpha value is -3.01. The van der Waals surface area contributed by atoms with Crippen molar-refractivity contribution in [3.05, 3.63) is 72.3 Å². The van der Waals surface area contributed by atoms with Crippen molar-refractivity contribution in [1.29, 1.82) is 0 Å². The number of carbonyl (C=O) groups excluding carboxylic acids is 1. The summed E-state index contributed by atoms with van der Waals surface area (Å²) in [5.41, 5.74) is 0.666. The highest BCUT2D eigenvalue weighted by Gasteiger charge is 2.35. The molecule has 1 N–H and O–H groups in total. The molecule has 3 aromatic rings. The van der Waals surface area contributed by atoms with Crippen LogP contribution in [-0.4, -0.2) is 17.6 Å². The van der Waals surface area contributed by atoms with Crippen LogP contribution < -0.4 is 14.8 Å². The molecule has 144 valence electrons. The average Bonchev–Trinajstić information content (AvgIpc) is 2.67. The lowest BCUT2D eigenvalue weighted by Crippen LogP contribution is -2.44. The molecule has 4 rings (SSSR count). The molecule has 0 saturated carbocycles. The van der Waals surface area contributed by atoms with Gasteiger partial charge in [0.15, 0.2) is 6.10 Å². The molecule has 1 amide bonds. The number of fused-ring (bicyclic) bond motifs is 2. The van der Waals surface area contributed by atoms with E-state index >= 15 is 0 Å². The van der Waals surface area contributed by atoms with Crippen molar-refractivity contribution in [3.63, 3.8) is 0 Å². The fourth-order valence-corrected chi connectivity index (χ4v) is 3.76. The summed E-state index contributed by atoms with van der Waals surface area (Å²) in [5.74, 6) is 1.41. The van der Waals surface area contributed by atoms with E-state index in [1.165, 1.54) is 0 Å². The summed E-state index contributed by atoms with van der Waals surface area (Å²) in [6, 6.07) is 21.7. The highest BCUT2D eigenvalue weighted by atomic mass is 16.5. The van der Waals surface area contributed by atoms with Gasteiger partial charge < -0.3 is 14.8 Å². The first kappa shape index (κ1) is 18.4. The van der Waals surface area contributed by atoms with Crippen molar-refractivity contribution in [3.8, 4) is 11.5 Å². The summed E-state index contributed by atoms with van der Waals surface area (Å²) in [7, 11) is 0. The Morgan fingerprint density at radius 3 is 2.64 bits per heavy atom. The van der Waals surface area contributed by atoms with E-state index in [1.807, 2.05) is 80.6 Å². The van der Waals surface area contributed by atoms with Gasteiger partial charge in [-0.3, -0.25) is 4.79 Å². The molecule has 0 saturated heterocycles. The lowest BCUT2D eigenvalue weighted by molar-refractivity contribution is -0.128. The highest BCUT2D eigenvalue weighted by Crippen LogP contribution is 2.39. The zero-order chi connectivity index (χ0) is 19.7. The van der Waals surface area contributed by atoms with Crippen LogP contribution in [-0.2, 0) is 4.79 Å². The summed E-state index contributed by atoms with van der Waals surface area (Å²) in [6.45, 7) is 5.86. The molecule has 1 aliphatic rings. The van der Waals surface area contributed by atoms with Gasteiger partial charge in [-0.25, -0.2) is 0 Å². The molecule has 28 heavy (non-hydrogen) atoms. The number of rotatable bonds is 4. The van der Waals surface area contributed by atoms with Gasteiger partial charge in [0.2, 0.25) is 0 Å². The second-order valence-corrected chi connectivity index (χ2v) is 7.90. The van der Waals surface area contributed by atoms with Crippen molar-refractivity contribution in [1.82, 2.24) is 5.32 Å². The summed E-state index contributed by atoms with van der Waals surface area (Å²) >= 11 is 0. The molecule has 0 spiro atoms. The molecule has 0 aromatic heterocycles. The minimum absolute atomic E-state index is 0.106. The molecule has 2 atom stereocenters. The first-order chi connectivity index (χ1) is 13.4. The fraction of sp³-hybridized carbons (Fsp3) is 0.292. The van der Waals surface area contributed by atoms with Gasteiger partial charge in [-0.15, -0.1) is 0 Å². The summed E-state index contributed by atoms with van der Waals surface area (Å²) < 4.78 is 12.1. The first-order valence-corrected chi connectivity index (χ1v) is 9.66. The van der Waals surface area contributed by atoms with Gasteiger partial charge in [-0.1, -0.05) is 54.6 Å². The summed E-state index contributed by atoms with van der Waals surface area (Å²) in [4.78, 5) is 12.9. The van der Waals surface area contributed by atoms with E-state index in [9.17, 15) is 4.79 Å². The third kappa shape index (κ3) is 3.68. The maximum absolute atomic E-state index is 12.9. The van der Waals surface area contributed by atoms with Gasteiger partial charge in [0, 0.05) is 17.4 Å². The van der Waals surface area contributed by atoms with Crippen molar-refractivity contribution in [2.75, 3.05) is 0 Å². The first-order valence-electron chi connectivity index (χ1n) is 9.66. The monoisotopic (exact) mass is 375 g/mol. The molecular formula is C24H25NO3. The van der Waals surface area contributed by atoms with Crippen LogP contribution in [0.1, 0.15) is 38.8 Å². The molecular weight excluding hydrogens is 350 g/mol. The SMILES string of the molecule is C[C@@H](Oc1cccc2ccccc12)C(=O)N[C@@H]1CC(C)(C)Oc2ccccc21. The van der Waals surface area contributed by atoms with Crippen molar-refractivity contribution >= 4 is 16.7 Å². The number of carbonyl (C=O) groups is 1. The molecule has 1 heterocycles. The second-order valence-electron chi connectivity index (χ2n) is 7.90. The minimum atomic E-state index is -0.607. The van der Waals surface area contributed by atoms with Crippen LogP contribution in [0.15, 0.2) is 66.7 Å². The Labute approximate surface area is 165 Å². The normalized spacial score (nSPS) is 18.6. The van der Waals surface area contributed by atoms with E-state index < -0.39 is 6.10 Å². The molecule has 1 aliphatic heterocycles. The summed E-state index contributed by atoms with van der Waals surface area (Å²) in [6.07, 6.45) is 0.0976. The fourth-order valence-electron chi connectivity index (χ4n) is 3.76. The van der Waals surface area contributed by atoms with E-state index in [0.717, 1.165) is 22.1 Å². The zero-order valence-electron chi connectivity index (χ0n) is 16.4. The van der Waals surface area contributed by atoms with Gasteiger partial charge in [0.1, 0.15) is 17.1 Å². The van der Waals surface area contributed by atoms with Crippen LogP contribution in [0.4, 0.5) is 0 Å². The van der Waals surface area contributed by atoms with Gasteiger partial charge in [0.25, 0.3) is 5.91 Å². The number of amides is 1. The van der Waals surface area contributed by atoms with Crippen molar-refractivity contribution < 1.29 is 14.3 Å². The lowest BCUT2D eigenvalue weighted by Gasteiger charge is -2.38. The van der Waals surface area contributed by atoms with Gasteiger partial charge in [0.05, 0.1) is 6.04 Å². The van der Waals surface area contributed by atoms with E-state index in [2.05, 4.69) is 5.32 Å². The number of hydrogen-bond acceptors (Lipinski definition) is 3. The molecule has 4 nitrogen and oxygen atoms in total. The molecule has 4 heteroatoms. The van der Waals surface area contributed by atoms with Crippen LogP contribution in [0.5, 0.6) is 11.5 Å². The van der Waals surface area contributed by atoms with E-state index in [0.29, 0.717) is 12.2 Å². The molecule has 0 unspecified atom stereocenters. The Morgan fingerprint density at radius 1 is 1.07 bits per heavy atom. The molecule has 0 radical (unpaired) electrons. The molecule has 3 aromatic carbocycles. The number of nitrogens with one attached hydrogen (secondary N) is 1. The summed E-state index contributed by atoms with van der Waals surface area (Å²) in [5, 5.41) is 5.25. The molecule has 0 bridgehead atoms. The Kier molecular flexibility index (Phi) is 4.71. The Bertz CT molecular complexity index is 1010. The third-order valence-corrected chi connectivity index (χ3v) is 5.12. The van der Waals surface area contributed by atoms with E-state index in [4.69, 9.17) is 9.47 Å². The standard InChI is InChI=1S/C24H25NO3/c1-16(27-21-14-8-10-17-9-4-5-11-18(17)21)23(26)25-20-15-24(2,3)28-22-13-7-6-12-19(20)22/h4-14,16,20H,15H2,1-3H3,(H,25,26)/t16-,20-/m1/s1. The highest BCUT2D eigenvalue weighted by molar-refractivity contribution is 5.89. The Morgan fingerprint density at radius 2 is 1.79 bits per heavy atom. The van der Waals surface area contributed by atoms with Crippen molar-refractivity contribution in [2.24, 2.45) is 0 Å². The molecule has 0 fully saturated rings. The Balaban J connectivity index is 1.52. The average molecular weight is 375 g/mol. The predicted molar refractivity (Wildman–Crippen MR) is 111 cm³/mol. The number of ether oxygens (including phenoxy) is 2. The smallest absolute Gasteiger partial charge is 0.261 e. The largest absolute Gasteiger partial charge is 0.487 e. The predicted octanol–water partition coefficient (Wildman–Crippen LogP) is 5.03. The number of benzene rings is 3. The third-order valence-electron chi connectivity index (χ3n) is 5.12.